The monoisotopic (exact) mass is 806 g/mol. The Labute approximate surface area is 336 Å². The van der Waals surface area contributed by atoms with Gasteiger partial charge in [-0.25, -0.2) is 0 Å². The summed E-state index contributed by atoms with van der Waals surface area (Å²) in [7, 11) is 5.31. The van der Waals surface area contributed by atoms with Crippen LogP contribution in [0, 0.1) is 17.8 Å². The van der Waals surface area contributed by atoms with E-state index in [1.165, 1.54) is 14.0 Å². The van der Waals surface area contributed by atoms with Crippen molar-refractivity contribution in [2.45, 2.75) is 198 Å². The van der Waals surface area contributed by atoms with Crippen LogP contribution in [0.1, 0.15) is 108 Å². The molecule has 7 unspecified atom stereocenters. The predicted molar refractivity (Wildman–Crippen MR) is 212 cm³/mol. The van der Waals surface area contributed by atoms with E-state index >= 15 is 0 Å². The predicted octanol–water partition coefficient (Wildman–Crippen LogP) is 1.93. The zero-order valence-electron chi connectivity index (χ0n) is 36.8. The molecule has 3 fully saturated rings. The van der Waals surface area contributed by atoms with Crippen molar-refractivity contribution >= 4 is 5.97 Å². The van der Waals surface area contributed by atoms with Gasteiger partial charge in [0, 0.05) is 38.1 Å². The van der Waals surface area contributed by atoms with Crippen molar-refractivity contribution in [1.29, 1.82) is 0 Å². The molecule has 3 aliphatic rings. The minimum absolute atomic E-state index is 0.0939. The van der Waals surface area contributed by atoms with E-state index in [1.807, 2.05) is 53.6 Å². The summed E-state index contributed by atoms with van der Waals surface area (Å²) in [6, 6.07) is -0.877. The van der Waals surface area contributed by atoms with Gasteiger partial charge in [-0.3, -0.25) is 4.79 Å². The van der Waals surface area contributed by atoms with Crippen molar-refractivity contribution in [3.05, 3.63) is 0 Å². The van der Waals surface area contributed by atoms with Crippen LogP contribution in [0.5, 0.6) is 0 Å². The van der Waals surface area contributed by atoms with Gasteiger partial charge in [0.1, 0.15) is 35.1 Å². The number of carbonyl (C=O) groups is 1. The maximum absolute atomic E-state index is 14.3. The molecule has 3 aliphatic heterocycles. The van der Waals surface area contributed by atoms with Crippen LogP contribution in [0.2, 0.25) is 0 Å². The number of carbonyl (C=O) groups excluding carboxylic acids is 1. The first-order chi connectivity index (χ1) is 25.9. The summed E-state index contributed by atoms with van der Waals surface area (Å²) in [6.45, 7) is 20.9. The summed E-state index contributed by atoms with van der Waals surface area (Å²) in [5, 5.41) is 65.8. The van der Waals surface area contributed by atoms with Crippen LogP contribution in [0.3, 0.4) is 0 Å². The average molecular weight is 806 g/mol. The summed E-state index contributed by atoms with van der Waals surface area (Å²) < 4.78 is 38.3. The fraction of sp³-hybridized carbons (Fsp3) is 0.976. The number of nitrogens with one attached hydrogen (secondary N) is 2. The van der Waals surface area contributed by atoms with Gasteiger partial charge in [-0.1, -0.05) is 27.7 Å². The van der Waals surface area contributed by atoms with Gasteiger partial charge in [0.25, 0.3) is 0 Å². The number of methoxy groups -OCH3 is 1. The molecule has 0 aliphatic carbocycles. The van der Waals surface area contributed by atoms with Crippen molar-refractivity contribution in [3.63, 3.8) is 0 Å². The molecule has 15 nitrogen and oxygen atoms in total. The lowest BCUT2D eigenvalue weighted by atomic mass is 9.75. The molecule has 0 aromatic carbocycles. The quantitative estimate of drug-likeness (QED) is 0.118. The molecule has 0 amide bonds. The van der Waals surface area contributed by atoms with Crippen LogP contribution < -0.4 is 10.6 Å². The van der Waals surface area contributed by atoms with Crippen molar-refractivity contribution in [3.8, 4) is 0 Å². The Morgan fingerprint density at radius 1 is 0.964 bits per heavy atom. The maximum atomic E-state index is 14.3. The maximum Gasteiger partial charge on any atom is 0.311 e. The van der Waals surface area contributed by atoms with Crippen LogP contribution >= 0.6 is 0 Å². The fourth-order valence-electron chi connectivity index (χ4n) is 9.21. The highest BCUT2D eigenvalue weighted by Crippen LogP contribution is 2.43. The molecule has 0 spiro atoms. The lowest BCUT2D eigenvalue weighted by Crippen LogP contribution is -2.70. The summed E-state index contributed by atoms with van der Waals surface area (Å²) in [5.74, 6) is -2.66. The third-order valence-corrected chi connectivity index (χ3v) is 13.0. The zero-order chi connectivity index (χ0) is 42.6. The van der Waals surface area contributed by atoms with Crippen LogP contribution in [-0.2, 0) is 33.2 Å². The second-order valence-electron chi connectivity index (χ2n) is 18.2. The van der Waals surface area contributed by atoms with E-state index in [-0.39, 0.29) is 43.9 Å². The molecule has 330 valence electrons. The minimum Gasteiger partial charge on any atom is -0.459 e. The summed E-state index contributed by atoms with van der Waals surface area (Å²) in [4.78, 5) is 16.2. The number of cyclic esters (lactones) is 1. The fourth-order valence-corrected chi connectivity index (χ4v) is 9.21. The number of hydrogen-bond acceptors (Lipinski definition) is 15. The Morgan fingerprint density at radius 3 is 2.18 bits per heavy atom. The van der Waals surface area contributed by atoms with Crippen molar-refractivity contribution in [2.24, 2.45) is 17.8 Å². The number of aliphatic hydroxyl groups is 5. The zero-order valence-corrected chi connectivity index (χ0v) is 36.8. The highest BCUT2D eigenvalue weighted by Gasteiger charge is 2.58. The van der Waals surface area contributed by atoms with Gasteiger partial charge in [0.15, 0.2) is 12.6 Å². The van der Waals surface area contributed by atoms with Gasteiger partial charge in [-0.05, 0) is 107 Å². The Kier molecular flexibility index (Phi) is 17.6. The van der Waals surface area contributed by atoms with Crippen molar-refractivity contribution < 1.29 is 58.7 Å². The van der Waals surface area contributed by atoms with Gasteiger partial charge in [-0.2, -0.15) is 0 Å². The number of rotatable bonds is 11. The van der Waals surface area contributed by atoms with Gasteiger partial charge < -0.3 is 69.5 Å². The Hall–Kier alpha value is -1.05. The summed E-state index contributed by atoms with van der Waals surface area (Å²) in [5.41, 5.74) is -5.95. The molecule has 0 aromatic heterocycles. The molecule has 15 heteroatoms. The molecule has 0 bridgehead atoms. The highest BCUT2D eigenvalue weighted by molar-refractivity contribution is 5.73. The van der Waals surface area contributed by atoms with Crippen molar-refractivity contribution in [1.82, 2.24) is 15.5 Å². The first-order valence-corrected chi connectivity index (χ1v) is 20.9. The number of aliphatic hydroxyl groups excluding tert-OH is 2. The molecule has 7 N–H and O–H groups in total. The van der Waals surface area contributed by atoms with E-state index in [2.05, 4.69) is 10.6 Å². The summed E-state index contributed by atoms with van der Waals surface area (Å²) >= 11 is 0. The van der Waals surface area contributed by atoms with E-state index in [1.54, 1.807) is 34.6 Å². The smallest absolute Gasteiger partial charge is 0.311 e. The van der Waals surface area contributed by atoms with Crippen LogP contribution in [-0.4, -0.2) is 167 Å². The van der Waals surface area contributed by atoms with Crippen molar-refractivity contribution in [2.75, 3.05) is 40.8 Å². The Balaban J connectivity index is 2.16. The van der Waals surface area contributed by atoms with Gasteiger partial charge >= 0.3 is 5.97 Å². The molecule has 0 saturated carbocycles. The Morgan fingerprint density at radius 2 is 1.61 bits per heavy atom. The molecular weight excluding hydrogens is 726 g/mol. The number of nitrogens with zero attached hydrogens (tertiary/aromatic N) is 1. The third kappa shape index (κ3) is 11.0. The number of hydrogen-bond donors (Lipinski definition) is 7. The second-order valence-corrected chi connectivity index (χ2v) is 18.2. The number of likely N-dealkylation sites (N-methyl/N-ethyl adjacent to an activating group) is 1. The van der Waals surface area contributed by atoms with Gasteiger partial charge in [-0.15, -0.1) is 0 Å². The first-order valence-electron chi connectivity index (χ1n) is 20.9. The molecule has 0 radical (unpaired) electrons. The van der Waals surface area contributed by atoms with E-state index in [9.17, 15) is 30.3 Å². The molecule has 3 heterocycles. The Bertz CT molecular complexity index is 1230. The van der Waals surface area contributed by atoms with Crippen LogP contribution in [0.4, 0.5) is 0 Å². The van der Waals surface area contributed by atoms with E-state index in [0.717, 1.165) is 6.42 Å². The normalized spacial score (nSPS) is 47.9. The minimum atomic E-state index is -1.81. The van der Waals surface area contributed by atoms with Gasteiger partial charge in [0.2, 0.25) is 0 Å². The molecule has 3 saturated heterocycles. The molecule has 3 rings (SSSR count). The topological polar surface area (TPSA) is 201 Å². The average Bonchev–Trinajstić information content (AvgIpc) is 3.12. The number of esters is 1. The molecular formula is C41H79N3O12. The lowest BCUT2D eigenvalue weighted by molar-refractivity contribution is -0.336. The van der Waals surface area contributed by atoms with Crippen LogP contribution in [0.15, 0.2) is 0 Å². The van der Waals surface area contributed by atoms with Crippen LogP contribution in [0.25, 0.3) is 0 Å². The summed E-state index contributed by atoms with van der Waals surface area (Å²) in [6.07, 6.45) is -6.71. The van der Waals surface area contributed by atoms with E-state index < -0.39 is 95.5 Å². The van der Waals surface area contributed by atoms with E-state index in [0.29, 0.717) is 19.5 Å². The van der Waals surface area contributed by atoms with Gasteiger partial charge in [0.05, 0.1) is 35.9 Å². The molecule has 56 heavy (non-hydrogen) atoms. The third-order valence-electron chi connectivity index (χ3n) is 13.0. The highest BCUT2D eigenvalue weighted by atomic mass is 16.7. The first kappa shape index (κ1) is 49.3. The SMILES string of the molecule is CCCNCC1(O)[C@H](C)OC(O[C@H]2[C@H](C)C(O[C@@H]3O[C@H](C)C[C@H](N(C)C)C3O)[C@@](C)(O)CC(C)CNC(C)C(O)[C@](C)(O)[C@@H](CC)OC(=O)[C@@H]2C)C[C@@]1(C)OC. The molecule has 18 atom stereocenters. The lowest BCUT2D eigenvalue weighted by Gasteiger charge is -2.53. The number of ether oxygens (including phenoxy) is 6. The largest absolute Gasteiger partial charge is 0.459 e. The van der Waals surface area contributed by atoms with E-state index in [4.69, 9.17) is 28.4 Å². The second kappa shape index (κ2) is 20.0. The standard InChI is InChI=1S/C41H79N3O12/c1-15-17-42-22-41(50)28(8)53-31(20-39(41,10)51-14)55-33-25(5)35(56-37-32(45)29(44(12)13)18-24(4)52-37)38(9,48)19-23(3)21-43-27(7)34(46)40(11,49)30(16-2)54-36(47)26(33)6/h23-35,37,42-43,45-46,48-50H,15-22H2,1-14H3/t23?,24-,25+,26-,27?,28+,29+,30-,31?,32?,33+,34?,35?,37+,38+,39-,40-,41?/m1/s1. The molecule has 0 aromatic rings.